The summed E-state index contributed by atoms with van der Waals surface area (Å²) in [6.07, 6.45) is 2.75. The number of nitrogens with zero attached hydrogens (tertiary/aromatic N) is 1. The number of para-hydroxylation sites is 1. The van der Waals surface area contributed by atoms with Crippen molar-refractivity contribution in [3.8, 4) is 5.75 Å². The van der Waals surface area contributed by atoms with Gasteiger partial charge in [0.1, 0.15) is 5.75 Å². The van der Waals surface area contributed by atoms with E-state index in [1.54, 1.807) is 12.1 Å². The fraction of sp³-hybridized carbons (Fsp3) is 0.364. The highest BCUT2D eigenvalue weighted by Crippen LogP contribution is 2.30. The van der Waals surface area contributed by atoms with Gasteiger partial charge < -0.3 is 14.7 Å². The highest BCUT2D eigenvalue weighted by Gasteiger charge is 2.34. The molecule has 1 fully saturated rings. The summed E-state index contributed by atoms with van der Waals surface area (Å²) in [5.74, 6) is 0.402. The van der Waals surface area contributed by atoms with Crippen molar-refractivity contribution in [2.75, 3.05) is 13.1 Å². The zero-order chi connectivity index (χ0) is 18.8. The average molecular weight is 365 g/mol. The highest BCUT2D eigenvalue weighted by atomic mass is 16.5. The maximum absolute atomic E-state index is 12.8. The van der Waals surface area contributed by atoms with Gasteiger partial charge in [0.05, 0.1) is 5.56 Å². The Labute approximate surface area is 158 Å². The number of amides is 1. The molecule has 0 aliphatic carbocycles. The maximum Gasteiger partial charge on any atom is 0.335 e. The molecule has 1 amide bonds. The molecule has 2 aromatic rings. The quantitative estimate of drug-likeness (QED) is 0.904. The second-order valence-corrected chi connectivity index (χ2v) is 7.35. The molecule has 1 saturated heterocycles. The van der Waals surface area contributed by atoms with E-state index in [-0.39, 0.29) is 5.91 Å². The van der Waals surface area contributed by atoms with Gasteiger partial charge in [0.2, 0.25) is 0 Å². The number of piperidine rings is 1. The lowest BCUT2D eigenvalue weighted by atomic mass is 9.88. The van der Waals surface area contributed by atoms with E-state index in [1.807, 2.05) is 41.3 Å². The molecule has 0 bridgehead atoms. The molecule has 27 heavy (non-hydrogen) atoms. The van der Waals surface area contributed by atoms with Crippen molar-refractivity contribution in [2.24, 2.45) is 5.92 Å². The number of benzene rings is 2. The van der Waals surface area contributed by atoms with Gasteiger partial charge in [-0.05, 0) is 48.4 Å². The number of carboxylic acids is 1. The van der Waals surface area contributed by atoms with Crippen molar-refractivity contribution in [3.63, 3.8) is 0 Å². The third-order valence-electron chi connectivity index (χ3n) is 5.61. The van der Waals surface area contributed by atoms with Crippen LogP contribution in [0.2, 0.25) is 0 Å². The van der Waals surface area contributed by atoms with E-state index in [0.717, 1.165) is 36.1 Å². The molecule has 0 aromatic heterocycles. The zero-order valence-electron chi connectivity index (χ0n) is 15.1. The standard InChI is InChI=1S/C22H23NO4/c24-21(20-14-17-6-2-4-8-19(17)27-20)23-11-9-15(10-12-23)13-16-5-1-3-7-18(16)22(25)26/h1-8,15,20H,9-14H2,(H,25,26). The van der Waals surface area contributed by atoms with Crippen LogP contribution in [-0.2, 0) is 17.6 Å². The number of hydrogen-bond acceptors (Lipinski definition) is 3. The number of ether oxygens (including phenoxy) is 1. The monoisotopic (exact) mass is 365 g/mol. The lowest BCUT2D eigenvalue weighted by Crippen LogP contribution is -2.45. The van der Waals surface area contributed by atoms with E-state index in [2.05, 4.69) is 0 Å². The predicted molar refractivity (Wildman–Crippen MR) is 101 cm³/mol. The van der Waals surface area contributed by atoms with Crippen molar-refractivity contribution < 1.29 is 19.4 Å². The molecular formula is C22H23NO4. The summed E-state index contributed by atoms with van der Waals surface area (Å²) < 4.78 is 5.83. The predicted octanol–water partition coefficient (Wildman–Crippen LogP) is 3.17. The molecule has 4 rings (SSSR count). The molecule has 1 N–H and O–H groups in total. The Balaban J connectivity index is 1.33. The van der Waals surface area contributed by atoms with E-state index in [4.69, 9.17) is 4.74 Å². The second-order valence-electron chi connectivity index (χ2n) is 7.35. The van der Waals surface area contributed by atoms with Gasteiger partial charge in [-0.1, -0.05) is 36.4 Å². The number of hydrogen-bond donors (Lipinski definition) is 1. The number of aromatic carboxylic acids is 1. The van der Waals surface area contributed by atoms with Crippen LogP contribution in [0.1, 0.15) is 34.3 Å². The molecule has 5 nitrogen and oxygen atoms in total. The SMILES string of the molecule is O=C(O)c1ccccc1CC1CCN(C(=O)C2Cc3ccccc3O2)CC1. The first-order valence-corrected chi connectivity index (χ1v) is 9.46. The molecule has 1 unspecified atom stereocenters. The third-order valence-corrected chi connectivity index (χ3v) is 5.61. The molecule has 0 spiro atoms. The summed E-state index contributed by atoms with van der Waals surface area (Å²) in [6.45, 7) is 1.41. The van der Waals surface area contributed by atoms with E-state index in [9.17, 15) is 14.7 Å². The van der Waals surface area contributed by atoms with Crippen LogP contribution in [0.3, 0.4) is 0 Å². The van der Waals surface area contributed by atoms with Gasteiger partial charge in [-0.15, -0.1) is 0 Å². The summed E-state index contributed by atoms with van der Waals surface area (Å²) in [6, 6.07) is 15.0. The van der Waals surface area contributed by atoms with E-state index >= 15 is 0 Å². The van der Waals surface area contributed by atoms with Crippen LogP contribution < -0.4 is 4.74 Å². The third kappa shape index (κ3) is 3.68. The van der Waals surface area contributed by atoms with Crippen molar-refractivity contribution in [3.05, 3.63) is 65.2 Å². The van der Waals surface area contributed by atoms with E-state index in [0.29, 0.717) is 31.0 Å². The topological polar surface area (TPSA) is 66.8 Å². The van der Waals surface area contributed by atoms with Gasteiger partial charge in [0.15, 0.2) is 6.10 Å². The van der Waals surface area contributed by atoms with Crippen LogP contribution >= 0.6 is 0 Å². The molecule has 0 radical (unpaired) electrons. The van der Waals surface area contributed by atoms with Gasteiger partial charge in [0, 0.05) is 19.5 Å². The summed E-state index contributed by atoms with van der Waals surface area (Å²) in [5, 5.41) is 9.34. The smallest absolute Gasteiger partial charge is 0.335 e. The molecule has 140 valence electrons. The van der Waals surface area contributed by atoms with Crippen LogP contribution in [0.25, 0.3) is 0 Å². The Morgan fingerprint density at radius 3 is 2.48 bits per heavy atom. The number of carbonyl (C=O) groups is 2. The van der Waals surface area contributed by atoms with Gasteiger partial charge in [-0.3, -0.25) is 4.79 Å². The van der Waals surface area contributed by atoms with Crippen LogP contribution in [0.5, 0.6) is 5.75 Å². The van der Waals surface area contributed by atoms with Gasteiger partial charge in [-0.25, -0.2) is 4.79 Å². The molecule has 1 atom stereocenters. The number of fused-ring (bicyclic) bond motifs is 1. The fourth-order valence-corrected chi connectivity index (χ4v) is 4.10. The minimum Gasteiger partial charge on any atom is -0.480 e. The maximum atomic E-state index is 12.8. The first-order chi connectivity index (χ1) is 13.1. The van der Waals surface area contributed by atoms with E-state index in [1.165, 1.54) is 0 Å². The summed E-state index contributed by atoms with van der Waals surface area (Å²) in [7, 11) is 0. The lowest BCUT2D eigenvalue weighted by Gasteiger charge is -2.33. The molecule has 2 heterocycles. The Morgan fingerprint density at radius 2 is 1.74 bits per heavy atom. The van der Waals surface area contributed by atoms with Gasteiger partial charge >= 0.3 is 5.97 Å². The van der Waals surface area contributed by atoms with Crippen molar-refractivity contribution in [2.45, 2.75) is 31.8 Å². The average Bonchev–Trinajstić information content (AvgIpc) is 3.12. The Kier molecular flexibility index (Phi) is 4.84. The fourth-order valence-electron chi connectivity index (χ4n) is 4.10. The normalized spacial score (nSPS) is 19.4. The summed E-state index contributed by atoms with van der Waals surface area (Å²) in [4.78, 5) is 26.1. The Morgan fingerprint density at radius 1 is 1.04 bits per heavy atom. The minimum absolute atomic E-state index is 0.0654. The molecule has 2 aromatic carbocycles. The van der Waals surface area contributed by atoms with Crippen LogP contribution in [-0.4, -0.2) is 41.1 Å². The molecule has 2 aliphatic rings. The van der Waals surface area contributed by atoms with Crippen molar-refractivity contribution >= 4 is 11.9 Å². The van der Waals surface area contributed by atoms with Crippen molar-refractivity contribution in [1.29, 1.82) is 0 Å². The summed E-state index contributed by atoms with van der Waals surface area (Å²) in [5.41, 5.74) is 2.36. The molecule has 2 aliphatic heterocycles. The van der Waals surface area contributed by atoms with Gasteiger partial charge in [0.25, 0.3) is 5.91 Å². The Hall–Kier alpha value is -2.82. The number of carboxylic acid groups (broad SMARTS) is 1. The molecular weight excluding hydrogens is 342 g/mol. The van der Waals surface area contributed by atoms with Crippen LogP contribution in [0, 0.1) is 5.92 Å². The number of rotatable bonds is 4. The number of carbonyl (C=O) groups excluding carboxylic acids is 1. The molecule has 0 saturated carbocycles. The van der Waals surface area contributed by atoms with Crippen LogP contribution in [0.15, 0.2) is 48.5 Å². The first kappa shape index (κ1) is 17.6. The molecule has 5 heteroatoms. The lowest BCUT2D eigenvalue weighted by molar-refractivity contribution is -0.139. The highest BCUT2D eigenvalue weighted by molar-refractivity contribution is 5.89. The Bertz CT molecular complexity index is 830. The van der Waals surface area contributed by atoms with Crippen molar-refractivity contribution in [1.82, 2.24) is 4.90 Å². The zero-order valence-corrected chi connectivity index (χ0v) is 15.1. The largest absolute Gasteiger partial charge is 0.480 e. The number of likely N-dealkylation sites (tertiary alicyclic amines) is 1. The minimum atomic E-state index is -0.879. The van der Waals surface area contributed by atoms with E-state index < -0.39 is 12.1 Å². The van der Waals surface area contributed by atoms with Gasteiger partial charge in [-0.2, -0.15) is 0 Å². The summed E-state index contributed by atoms with van der Waals surface area (Å²) >= 11 is 0. The van der Waals surface area contributed by atoms with Crippen LogP contribution in [0.4, 0.5) is 0 Å². The first-order valence-electron chi connectivity index (χ1n) is 9.46. The second kappa shape index (κ2) is 7.43.